The minimum Gasteiger partial charge on any atom is -0.313 e. The summed E-state index contributed by atoms with van der Waals surface area (Å²) in [6.45, 7) is 7.78. The van der Waals surface area contributed by atoms with Crippen molar-refractivity contribution >= 4 is 11.3 Å². The zero-order chi connectivity index (χ0) is 11.1. The van der Waals surface area contributed by atoms with Crippen LogP contribution < -0.4 is 5.32 Å². The monoisotopic (exact) mass is 226 g/mol. The van der Waals surface area contributed by atoms with Gasteiger partial charge in [0.25, 0.3) is 0 Å². The molecule has 0 saturated heterocycles. The summed E-state index contributed by atoms with van der Waals surface area (Å²) in [6.07, 6.45) is 5.65. The van der Waals surface area contributed by atoms with Gasteiger partial charge in [-0.3, -0.25) is 0 Å². The molecule has 1 aromatic heterocycles. The van der Waals surface area contributed by atoms with E-state index in [4.69, 9.17) is 0 Å². The Morgan fingerprint density at radius 1 is 1.47 bits per heavy atom. The standard InChI is InChI=1S/C12H22N2S/c1-4-6-11(5-2)14-9-10(3)12-13-7-8-15-12/h7-8,10-11,14H,4-6,9H2,1-3H3. The Hall–Kier alpha value is -0.410. The molecule has 0 fully saturated rings. The third-order valence-electron chi connectivity index (χ3n) is 2.72. The Kier molecular flexibility index (Phi) is 5.88. The molecule has 2 atom stereocenters. The summed E-state index contributed by atoms with van der Waals surface area (Å²) >= 11 is 1.75. The second kappa shape index (κ2) is 6.96. The quantitative estimate of drug-likeness (QED) is 0.770. The van der Waals surface area contributed by atoms with Gasteiger partial charge >= 0.3 is 0 Å². The SMILES string of the molecule is CCCC(CC)NCC(C)c1nccs1. The molecule has 2 nitrogen and oxygen atoms in total. The predicted octanol–water partition coefficient (Wildman–Crippen LogP) is 3.41. The van der Waals surface area contributed by atoms with Crippen LogP contribution in [0.25, 0.3) is 0 Å². The largest absolute Gasteiger partial charge is 0.313 e. The molecule has 0 aliphatic heterocycles. The van der Waals surface area contributed by atoms with E-state index in [-0.39, 0.29) is 0 Å². The van der Waals surface area contributed by atoms with Gasteiger partial charge in [0.15, 0.2) is 0 Å². The van der Waals surface area contributed by atoms with Crippen molar-refractivity contribution in [1.29, 1.82) is 0 Å². The van der Waals surface area contributed by atoms with Gasteiger partial charge in [-0.25, -0.2) is 4.98 Å². The van der Waals surface area contributed by atoms with Crippen LogP contribution >= 0.6 is 11.3 Å². The molecule has 1 heterocycles. The Bertz CT molecular complexity index is 246. The highest BCUT2D eigenvalue weighted by Gasteiger charge is 2.10. The van der Waals surface area contributed by atoms with E-state index in [0.29, 0.717) is 12.0 Å². The van der Waals surface area contributed by atoms with Crippen molar-refractivity contribution in [2.45, 2.75) is 52.0 Å². The summed E-state index contributed by atoms with van der Waals surface area (Å²) in [5, 5.41) is 6.92. The van der Waals surface area contributed by atoms with Crippen LogP contribution in [0.1, 0.15) is 51.0 Å². The summed E-state index contributed by atoms with van der Waals surface area (Å²) in [5.74, 6) is 0.538. The zero-order valence-electron chi connectivity index (χ0n) is 9.99. The van der Waals surface area contributed by atoms with E-state index < -0.39 is 0 Å². The van der Waals surface area contributed by atoms with Crippen LogP contribution in [-0.2, 0) is 0 Å². The maximum absolute atomic E-state index is 4.34. The fourth-order valence-corrected chi connectivity index (χ4v) is 2.41. The average molecular weight is 226 g/mol. The van der Waals surface area contributed by atoms with Gasteiger partial charge in [0.2, 0.25) is 0 Å². The van der Waals surface area contributed by atoms with Gasteiger partial charge in [-0.15, -0.1) is 11.3 Å². The summed E-state index contributed by atoms with van der Waals surface area (Å²) < 4.78 is 0. The van der Waals surface area contributed by atoms with E-state index >= 15 is 0 Å². The lowest BCUT2D eigenvalue weighted by Gasteiger charge is -2.18. The van der Waals surface area contributed by atoms with Crippen molar-refractivity contribution < 1.29 is 0 Å². The highest BCUT2D eigenvalue weighted by Crippen LogP contribution is 2.17. The Morgan fingerprint density at radius 2 is 2.27 bits per heavy atom. The Balaban J connectivity index is 2.29. The van der Waals surface area contributed by atoms with Gasteiger partial charge in [-0.05, 0) is 12.8 Å². The van der Waals surface area contributed by atoms with Crippen molar-refractivity contribution in [3.63, 3.8) is 0 Å². The van der Waals surface area contributed by atoms with Gasteiger partial charge in [0.05, 0.1) is 5.01 Å². The van der Waals surface area contributed by atoms with Crippen LogP contribution in [-0.4, -0.2) is 17.6 Å². The highest BCUT2D eigenvalue weighted by molar-refractivity contribution is 7.09. The lowest BCUT2D eigenvalue weighted by atomic mass is 10.1. The molecule has 1 aromatic rings. The van der Waals surface area contributed by atoms with E-state index in [0.717, 1.165) is 6.54 Å². The van der Waals surface area contributed by atoms with Crippen LogP contribution in [0.3, 0.4) is 0 Å². The second-order valence-electron chi connectivity index (χ2n) is 4.07. The first-order valence-corrected chi connectivity index (χ1v) is 6.78. The minimum atomic E-state index is 0.538. The molecule has 0 bridgehead atoms. The molecule has 86 valence electrons. The third-order valence-corrected chi connectivity index (χ3v) is 3.72. The lowest BCUT2D eigenvalue weighted by molar-refractivity contribution is 0.448. The van der Waals surface area contributed by atoms with Crippen LogP contribution in [0, 0.1) is 0 Å². The first-order valence-electron chi connectivity index (χ1n) is 5.90. The van der Waals surface area contributed by atoms with Crippen LogP contribution in [0.4, 0.5) is 0 Å². The topological polar surface area (TPSA) is 24.9 Å². The number of rotatable bonds is 7. The molecule has 0 aliphatic rings. The molecular formula is C12H22N2S. The van der Waals surface area contributed by atoms with E-state index in [9.17, 15) is 0 Å². The molecule has 0 radical (unpaired) electrons. The van der Waals surface area contributed by atoms with Crippen LogP contribution in [0.5, 0.6) is 0 Å². The van der Waals surface area contributed by atoms with Crippen molar-refractivity contribution in [3.8, 4) is 0 Å². The van der Waals surface area contributed by atoms with Crippen molar-refractivity contribution in [2.75, 3.05) is 6.54 Å². The average Bonchev–Trinajstić information content (AvgIpc) is 2.77. The van der Waals surface area contributed by atoms with Crippen molar-refractivity contribution in [2.24, 2.45) is 0 Å². The normalized spacial score (nSPS) is 15.1. The summed E-state index contributed by atoms with van der Waals surface area (Å²) in [4.78, 5) is 4.34. The van der Waals surface area contributed by atoms with E-state index in [1.807, 2.05) is 6.20 Å². The van der Waals surface area contributed by atoms with Gasteiger partial charge < -0.3 is 5.32 Å². The van der Waals surface area contributed by atoms with Crippen LogP contribution in [0.15, 0.2) is 11.6 Å². The summed E-state index contributed by atoms with van der Waals surface area (Å²) in [6, 6.07) is 0.678. The van der Waals surface area contributed by atoms with Gasteiger partial charge in [-0.2, -0.15) is 0 Å². The molecule has 0 spiro atoms. The molecule has 1 rings (SSSR count). The summed E-state index contributed by atoms with van der Waals surface area (Å²) in [7, 11) is 0. The number of nitrogens with zero attached hydrogens (tertiary/aromatic N) is 1. The van der Waals surface area contributed by atoms with Gasteiger partial charge in [0.1, 0.15) is 0 Å². The van der Waals surface area contributed by atoms with E-state index in [1.54, 1.807) is 11.3 Å². The molecule has 0 amide bonds. The number of hydrogen-bond acceptors (Lipinski definition) is 3. The Morgan fingerprint density at radius 3 is 2.80 bits per heavy atom. The van der Waals surface area contributed by atoms with E-state index in [2.05, 4.69) is 36.5 Å². The molecule has 1 N–H and O–H groups in total. The van der Waals surface area contributed by atoms with Crippen molar-refractivity contribution in [1.82, 2.24) is 10.3 Å². The molecule has 0 aromatic carbocycles. The van der Waals surface area contributed by atoms with Crippen LogP contribution in [0.2, 0.25) is 0 Å². The first kappa shape index (κ1) is 12.7. The number of hydrogen-bond donors (Lipinski definition) is 1. The fourth-order valence-electron chi connectivity index (χ4n) is 1.71. The maximum Gasteiger partial charge on any atom is 0.0965 e. The molecule has 0 aliphatic carbocycles. The zero-order valence-corrected chi connectivity index (χ0v) is 10.8. The second-order valence-corrected chi connectivity index (χ2v) is 5.00. The molecular weight excluding hydrogens is 204 g/mol. The number of nitrogens with one attached hydrogen (secondary N) is 1. The minimum absolute atomic E-state index is 0.538. The molecule has 3 heteroatoms. The molecule has 0 saturated carbocycles. The summed E-state index contributed by atoms with van der Waals surface area (Å²) in [5.41, 5.74) is 0. The maximum atomic E-state index is 4.34. The molecule has 2 unspecified atom stereocenters. The molecule has 15 heavy (non-hydrogen) atoms. The predicted molar refractivity (Wildman–Crippen MR) is 67.5 cm³/mol. The van der Waals surface area contributed by atoms with Gasteiger partial charge in [-0.1, -0.05) is 27.2 Å². The smallest absolute Gasteiger partial charge is 0.0965 e. The van der Waals surface area contributed by atoms with Crippen molar-refractivity contribution in [3.05, 3.63) is 16.6 Å². The third kappa shape index (κ3) is 4.31. The fraction of sp³-hybridized carbons (Fsp3) is 0.750. The first-order chi connectivity index (χ1) is 7.27. The number of thiazole rings is 1. The Labute approximate surface area is 97.1 Å². The lowest BCUT2D eigenvalue weighted by Crippen LogP contribution is -2.31. The van der Waals surface area contributed by atoms with E-state index in [1.165, 1.54) is 24.3 Å². The number of aromatic nitrogens is 1. The highest BCUT2D eigenvalue weighted by atomic mass is 32.1. The van der Waals surface area contributed by atoms with Gasteiger partial charge in [0, 0.05) is 30.1 Å².